The van der Waals surface area contributed by atoms with Crippen molar-refractivity contribution in [2.75, 3.05) is 12.3 Å². The Kier molecular flexibility index (Phi) is 1.78. The molecule has 3 nitrogen and oxygen atoms in total. The number of nitrogens with zero attached hydrogens (tertiary/aromatic N) is 1. The van der Waals surface area contributed by atoms with E-state index in [2.05, 4.69) is 0 Å². The predicted molar refractivity (Wildman–Crippen MR) is 39.1 cm³/mol. The molecule has 0 aliphatic carbocycles. The summed E-state index contributed by atoms with van der Waals surface area (Å²) < 4.78 is 22.7. The van der Waals surface area contributed by atoms with Crippen molar-refractivity contribution in [1.82, 2.24) is 2.52 Å². The fraction of sp³-hybridized carbons (Fsp3) is 1.00. The van der Waals surface area contributed by atoms with Crippen molar-refractivity contribution in [3.8, 4) is 0 Å². The standard InChI is InChI=1S/C3H6INO2S/c4-5-2-1-3-8(5,6)7/h1-3H2. The summed E-state index contributed by atoms with van der Waals surface area (Å²) in [5.41, 5.74) is 0. The van der Waals surface area contributed by atoms with E-state index in [-0.39, 0.29) is 0 Å². The van der Waals surface area contributed by atoms with E-state index in [1.807, 2.05) is 22.9 Å². The van der Waals surface area contributed by atoms with Crippen molar-refractivity contribution >= 4 is 32.9 Å². The molecule has 0 atom stereocenters. The zero-order chi connectivity index (χ0) is 6.20. The fourth-order valence-corrected chi connectivity index (χ4v) is 2.64. The molecule has 0 aromatic heterocycles. The maximum absolute atomic E-state index is 10.7. The van der Waals surface area contributed by atoms with Crippen LogP contribution >= 0.6 is 22.9 Å². The molecule has 0 spiro atoms. The van der Waals surface area contributed by atoms with Gasteiger partial charge in [-0.1, -0.05) is 0 Å². The van der Waals surface area contributed by atoms with Gasteiger partial charge in [-0.15, -0.1) is 2.52 Å². The van der Waals surface area contributed by atoms with Crippen LogP contribution in [0.4, 0.5) is 0 Å². The van der Waals surface area contributed by atoms with E-state index in [0.29, 0.717) is 12.3 Å². The lowest BCUT2D eigenvalue weighted by molar-refractivity contribution is 0.576. The molecule has 0 amide bonds. The van der Waals surface area contributed by atoms with Crippen molar-refractivity contribution in [3.63, 3.8) is 0 Å². The Morgan fingerprint density at radius 2 is 2.12 bits per heavy atom. The minimum atomic E-state index is -2.81. The molecule has 48 valence electrons. The number of hydrogen-bond acceptors (Lipinski definition) is 2. The zero-order valence-corrected chi connectivity index (χ0v) is 7.15. The average molecular weight is 247 g/mol. The second kappa shape index (κ2) is 2.11. The maximum Gasteiger partial charge on any atom is 0.222 e. The third kappa shape index (κ3) is 1.14. The minimum absolute atomic E-state index is 0.329. The quantitative estimate of drug-likeness (QED) is 0.458. The van der Waals surface area contributed by atoms with Gasteiger partial charge in [0.15, 0.2) is 0 Å². The van der Waals surface area contributed by atoms with Gasteiger partial charge in [0.05, 0.1) is 5.75 Å². The van der Waals surface area contributed by atoms with Crippen LogP contribution in [0, 0.1) is 0 Å². The predicted octanol–water partition coefficient (Wildman–Crippen LogP) is 0.372. The Bertz CT molecular complexity index is 176. The number of halogens is 1. The normalized spacial score (nSPS) is 28.6. The Balaban J connectivity index is 2.85. The van der Waals surface area contributed by atoms with E-state index >= 15 is 0 Å². The van der Waals surface area contributed by atoms with Crippen LogP contribution in [0.15, 0.2) is 0 Å². The first-order valence-electron chi connectivity index (χ1n) is 2.29. The van der Waals surface area contributed by atoms with Crippen LogP contribution in [0.2, 0.25) is 0 Å². The summed E-state index contributed by atoms with van der Waals surface area (Å²) in [6, 6.07) is 0. The van der Waals surface area contributed by atoms with E-state index in [1.54, 1.807) is 0 Å². The molecule has 0 radical (unpaired) electrons. The molecule has 5 heteroatoms. The average Bonchev–Trinajstić information content (AvgIpc) is 1.86. The van der Waals surface area contributed by atoms with E-state index in [1.165, 1.54) is 2.52 Å². The molecule has 0 N–H and O–H groups in total. The van der Waals surface area contributed by atoms with Gasteiger partial charge in [-0.25, -0.2) is 8.42 Å². The molecular weight excluding hydrogens is 241 g/mol. The van der Waals surface area contributed by atoms with Gasteiger partial charge in [0, 0.05) is 29.4 Å². The van der Waals surface area contributed by atoms with Crippen LogP contribution in [0.1, 0.15) is 6.42 Å². The van der Waals surface area contributed by atoms with Crippen molar-refractivity contribution in [1.29, 1.82) is 0 Å². The van der Waals surface area contributed by atoms with E-state index in [9.17, 15) is 8.42 Å². The van der Waals surface area contributed by atoms with Gasteiger partial charge in [0.2, 0.25) is 10.0 Å². The molecule has 8 heavy (non-hydrogen) atoms. The van der Waals surface area contributed by atoms with Crippen molar-refractivity contribution < 1.29 is 8.42 Å². The topological polar surface area (TPSA) is 37.4 Å². The first-order valence-corrected chi connectivity index (χ1v) is 4.86. The van der Waals surface area contributed by atoms with Gasteiger partial charge < -0.3 is 0 Å². The Hall–Kier alpha value is 0.640. The summed E-state index contributed by atoms with van der Waals surface area (Å²) in [5, 5.41) is 0. The van der Waals surface area contributed by atoms with Gasteiger partial charge in [-0.2, -0.15) is 0 Å². The van der Waals surface area contributed by atoms with Gasteiger partial charge in [0.25, 0.3) is 0 Å². The SMILES string of the molecule is O=S1(=O)CCCN1I. The highest BCUT2D eigenvalue weighted by Crippen LogP contribution is 2.16. The maximum atomic E-state index is 10.7. The second-order valence-electron chi connectivity index (χ2n) is 1.68. The number of rotatable bonds is 0. The molecule has 0 aromatic carbocycles. The van der Waals surface area contributed by atoms with Gasteiger partial charge in [-0.05, 0) is 6.42 Å². The van der Waals surface area contributed by atoms with Gasteiger partial charge >= 0.3 is 0 Å². The molecule has 0 unspecified atom stereocenters. The first kappa shape index (κ1) is 6.76. The summed E-state index contributed by atoms with van der Waals surface area (Å²) in [5.74, 6) is 0.329. The van der Waals surface area contributed by atoms with Crippen molar-refractivity contribution in [2.45, 2.75) is 6.42 Å². The van der Waals surface area contributed by atoms with Crippen LogP contribution in [-0.2, 0) is 10.0 Å². The third-order valence-corrected chi connectivity index (χ3v) is 4.91. The molecule has 1 rings (SSSR count). The van der Waals surface area contributed by atoms with Crippen LogP contribution in [0.25, 0.3) is 0 Å². The Morgan fingerprint density at radius 3 is 2.25 bits per heavy atom. The molecule has 0 bridgehead atoms. The van der Waals surface area contributed by atoms with Crippen LogP contribution < -0.4 is 0 Å². The molecule has 0 saturated carbocycles. The molecule has 1 heterocycles. The summed E-state index contributed by atoms with van der Waals surface area (Å²) in [6.07, 6.45) is 0.783. The highest BCUT2D eigenvalue weighted by Gasteiger charge is 2.25. The van der Waals surface area contributed by atoms with Crippen LogP contribution in [-0.4, -0.2) is 23.2 Å². The van der Waals surface area contributed by atoms with Crippen LogP contribution in [0.5, 0.6) is 0 Å². The number of sulfonamides is 1. The Morgan fingerprint density at radius 1 is 1.50 bits per heavy atom. The molecular formula is C3H6INO2S. The highest BCUT2D eigenvalue weighted by molar-refractivity contribution is 14.1. The van der Waals surface area contributed by atoms with Gasteiger partial charge in [0.1, 0.15) is 0 Å². The lowest BCUT2D eigenvalue weighted by atomic mass is 10.5. The van der Waals surface area contributed by atoms with E-state index in [4.69, 9.17) is 0 Å². The summed E-state index contributed by atoms with van der Waals surface area (Å²) in [4.78, 5) is 0. The minimum Gasteiger partial charge on any atom is -0.211 e. The summed E-state index contributed by atoms with van der Waals surface area (Å²) >= 11 is 1.82. The first-order chi connectivity index (χ1) is 3.63. The lowest BCUT2D eigenvalue weighted by Gasteiger charge is -1.99. The molecule has 1 saturated heterocycles. The highest BCUT2D eigenvalue weighted by atomic mass is 127. The summed E-state index contributed by atoms with van der Waals surface area (Å²) in [6.45, 7) is 0.683. The smallest absolute Gasteiger partial charge is 0.211 e. The van der Waals surface area contributed by atoms with Crippen molar-refractivity contribution in [2.24, 2.45) is 0 Å². The largest absolute Gasteiger partial charge is 0.222 e. The van der Waals surface area contributed by atoms with E-state index < -0.39 is 10.0 Å². The Labute approximate surface area is 62.6 Å². The van der Waals surface area contributed by atoms with E-state index in [0.717, 1.165) is 6.42 Å². The zero-order valence-electron chi connectivity index (χ0n) is 4.17. The third-order valence-electron chi connectivity index (χ3n) is 1.04. The van der Waals surface area contributed by atoms with Crippen LogP contribution in [0.3, 0.4) is 0 Å². The second-order valence-corrected chi connectivity index (χ2v) is 5.51. The lowest BCUT2D eigenvalue weighted by Crippen LogP contribution is -2.13. The van der Waals surface area contributed by atoms with Gasteiger partial charge in [-0.3, -0.25) is 0 Å². The monoisotopic (exact) mass is 247 g/mol. The molecule has 1 fully saturated rings. The molecule has 0 aromatic rings. The molecule has 1 aliphatic rings. The fourth-order valence-electron chi connectivity index (χ4n) is 0.609. The summed E-state index contributed by atoms with van der Waals surface area (Å²) in [7, 11) is -2.81. The molecule has 1 aliphatic heterocycles. The number of hydrogen-bond donors (Lipinski definition) is 0. The van der Waals surface area contributed by atoms with Crippen molar-refractivity contribution in [3.05, 3.63) is 0 Å².